The number of aliphatic hydroxyl groups is 2. The van der Waals surface area contributed by atoms with Crippen LogP contribution in [0.3, 0.4) is 0 Å². The molecule has 1 aromatic rings. The predicted octanol–water partition coefficient (Wildman–Crippen LogP) is -0.122. The third kappa shape index (κ3) is 1.83. The summed E-state index contributed by atoms with van der Waals surface area (Å²) < 4.78 is 0. The molecule has 1 heterocycles. The number of para-hydroxylation sites is 1. The molecule has 2 N–H and O–H groups in total. The third-order valence-corrected chi connectivity index (χ3v) is 2.80. The van der Waals surface area contributed by atoms with Crippen molar-refractivity contribution in [3.8, 4) is 0 Å². The van der Waals surface area contributed by atoms with Gasteiger partial charge in [-0.2, -0.15) is 0 Å². The van der Waals surface area contributed by atoms with Crippen molar-refractivity contribution >= 4 is 17.4 Å². The molecule has 0 radical (unpaired) electrons. The van der Waals surface area contributed by atoms with Gasteiger partial charge in [-0.3, -0.25) is 9.59 Å². The molecule has 0 aromatic heterocycles. The Morgan fingerprint density at radius 2 is 2.06 bits per heavy atom. The molecule has 1 aliphatic rings. The summed E-state index contributed by atoms with van der Waals surface area (Å²) in [4.78, 5) is 24.7. The first-order valence-electron chi connectivity index (χ1n) is 5.31. The number of hydrogen-bond donors (Lipinski definition) is 2. The quantitative estimate of drug-likeness (QED) is 0.716. The number of hydrogen-bond acceptors (Lipinski definition) is 4. The van der Waals surface area contributed by atoms with Crippen LogP contribution in [0.1, 0.15) is 15.9 Å². The van der Waals surface area contributed by atoms with Crippen LogP contribution in [0.2, 0.25) is 0 Å². The molecule has 1 unspecified atom stereocenters. The maximum Gasteiger partial charge on any atom is 0.299 e. The van der Waals surface area contributed by atoms with Crippen molar-refractivity contribution in [3.63, 3.8) is 0 Å². The van der Waals surface area contributed by atoms with Gasteiger partial charge in [-0.1, -0.05) is 12.1 Å². The van der Waals surface area contributed by atoms with Crippen molar-refractivity contribution in [3.05, 3.63) is 29.3 Å². The van der Waals surface area contributed by atoms with Crippen LogP contribution < -0.4 is 4.90 Å². The van der Waals surface area contributed by atoms with Crippen LogP contribution in [-0.2, 0) is 4.79 Å². The highest BCUT2D eigenvalue weighted by Gasteiger charge is 2.37. The summed E-state index contributed by atoms with van der Waals surface area (Å²) in [5.74, 6) is -1.21. The van der Waals surface area contributed by atoms with E-state index in [-0.39, 0.29) is 6.54 Å². The molecule has 0 saturated carbocycles. The molecule has 5 nitrogen and oxygen atoms in total. The SMILES string of the molecule is Cc1cccc2c1N(CC(O)CO)C(=O)C2=O. The fourth-order valence-corrected chi connectivity index (χ4v) is 1.98. The van der Waals surface area contributed by atoms with E-state index in [4.69, 9.17) is 5.11 Å². The van der Waals surface area contributed by atoms with E-state index < -0.39 is 24.4 Å². The van der Waals surface area contributed by atoms with Crippen LogP contribution in [0.4, 0.5) is 5.69 Å². The van der Waals surface area contributed by atoms with Crippen molar-refractivity contribution in [2.75, 3.05) is 18.1 Å². The zero-order valence-corrected chi connectivity index (χ0v) is 9.38. The number of fused-ring (bicyclic) bond motifs is 1. The normalized spacial score (nSPS) is 16.3. The maximum atomic E-state index is 11.7. The molecular formula is C12H13NO4. The summed E-state index contributed by atoms with van der Waals surface area (Å²) in [6.45, 7) is 1.28. The second kappa shape index (κ2) is 4.27. The van der Waals surface area contributed by atoms with Gasteiger partial charge >= 0.3 is 0 Å². The molecule has 90 valence electrons. The number of ketones is 1. The molecule has 2 rings (SSSR count). The van der Waals surface area contributed by atoms with Crippen LogP contribution in [-0.4, -0.2) is 41.2 Å². The fourth-order valence-electron chi connectivity index (χ4n) is 1.98. The molecular weight excluding hydrogens is 222 g/mol. The van der Waals surface area contributed by atoms with Gasteiger partial charge in [-0.25, -0.2) is 0 Å². The Hall–Kier alpha value is -1.72. The zero-order chi connectivity index (χ0) is 12.6. The second-order valence-electron chi connectivity index (χ2n) is 4.05. The number of amides is 1. The molecule has 0 aliphatic carbocycles. The molecule has 1 atom stereocenters. The van der Waals surface area contributed by atoms with E-state index in [1.54, 1.807) is 25.1 Å². The van der Waals surface area contributed by atoms with Gasteiger partial charge in [0.25, 0.3) is 11.7 Å². The van der Waals surface area contributed by atoms with Crippen molar-refractivity contribution in [2.24, 2.45) is 0 Å². The molecule has 17 heavy (non-hydrogen) atoms. The van der Waals surface area contributed by atoms with Gasteiger partial charge in [0.2, 0.25) is 0 Å². The number of anilines is 1. The lowest BCUT2D eigenvalue weighted by Gasteiger charge is -2.20. The van der Waals surface area contributed by atoms with E-state index in [9.17, 15) is 14.7 Å². The van der Waals surface area contributed by atoms with E-state index in [1.807, 2.05) is 0 Å². The number of benzene rings is 1. The molecule has 5 heteroatoms. The number of carbonyl (C=O) groups excluding carboxylic acids is 2. The topological polar surface area (TPSA) is 77.8 Å². The van der Waals surface area contributed by atoms with E-state index in [1.165, 1.54) is 4.90 Å². The lowest BCUT2D eigenvalue weighted by Crippen LogP contribution is -2.38. The van der Waals surface area contributed by atoms with Crippen LogP contribution in [0.5, 0.6) is 0 Å². The number of nitrogens with zero attached hydrogens (tertiary/aromatic N) is 1. The highest BCUT2D eigenvalue weighted by Crippen LogP contribution is 2.32. The third-order valence-electron chi connectivity index (χ3n) is 2.80. The molecule has 0 spiro atoms. The Bertz CT molecular complexity index is 483. The van der Waals surface area contributed by atoms with E-state index >= 15 is 0 Å². The Labute approximate surface area is 98.3 Å². The number of Topliss-reactive ketones (excluding diaryl/α,β-unsaturated/α-hetero) is 1. The molecule has 0 fully saturated rings. The fraction of sp³-hybridized carbons (Fsp3) is 0.333. The minimum atomic E-state index is -1.04. The lowest BCUT2D eigenvalue weighted by atomic mass is 10.1. The Morgan fingerprint density at radius 1 is 1.35 bits per heavy atom. The van der Waals surface area contributed by atoms with Crippen molar-refractivity contribution < 1.29 is 19.8 Å². The summed E-state index contributed by atoms with van der Waals surface area (Å²) >= 11 is 0. The highest BCUT2D eigenvalue weighted by atomic mass is 16.3. The van der Waals surface area contributed by atoms with Gasteiger partial charge in [0.1, 0.15) is 0 Å². The highest BCUT2D eigenvalue weighted by molar-refractivity contribution is 6.52. The predicted molar refractivity (Wildman–Crippen MR) is 61.0 cm³/mol. The largest absolute Gasteiger partial charge is 0.394 e. The first-order chi connectivity index (χ1) is 8.06. The maximum absolute atomic E-state index is 11.7. The van der Waals surface area contributed by atoms with Crippen LogP contribution in [0.25, 0.3) is 0 Å². The lowest BCUT2D eigenvalue weighted by molar-refractivity contribution is -0.114. The molecule has 1 amide bonds. The Morgan fingerprint density at radius 3 is 2.71 bits per heavy atom. The number of β-amino-alcohol motifs (C(OH)–C–C–N with tert-alkyl or cyclic N) is 1. The van der Waals surface area contributed by atoms with Gasteiger partial charge in [-0.05, 0) is 18.6 Å². The standard InChI is InChI=1S/C12H13NO4/c1-7-3-2-4-9-10(7)13(5-8(15)6-14)12(17)11(9)16/h2-4,8,14-15H,5-6H2,1H3. The van der Waals surface area contributed by atoms with Gasteiger partial charge in [-0.15, -0.1) is 0 Å². The second-order valence-corrected chi connectivity index (χ2v) is 4.05. The number of aryl methyl sites for hydroxylation is 1. The summed E-state index contributed by atoms with van der Waals surface area (Å²) in [7, 11) is 0. The van der Waals surface area contributed by atoms with Crippen LogP contribution in [0, 0.1) is 6.92 Å². The number of rotatable bonds is 3. The minimum Gasteiger partial charge on any atom is -0.394 e. The van der Waals surface area contributed by atoms with Crippen molar-refractivity contribution in [1.29, 1.82) is 0 Å². The average molecular weight is 235 g/mol. The summed E-state index contributed by atoms with van der Waals surface area (Å²) in [5, 5.41) is 18.2. The summed E-state index contributed by atoms with van der Waals surface area (Å²) in [6.07, 6.45) is -1.04. The molecule has 1 aromatic carbocycles. The molecule has 0 bridgehead atoms. The average Bonchev–Trinajstić information content (AvgIpc) is 2.56. The van der Waals surface area contributed by atoms with Crippen LogP contribution in [0.15, 0.2) is 18.2 Å². The Balaban J connectivity index is 2.43. The summed E-state index contributed by atoms with van der Waals surface area (Å²) in [5.41, 5.74) is 1.70. The molecule has 0 saturated heterocycles. The summed E-state index contributed by atoms with van der Waals surface area (Å²) in [6, 6.07) is 5.10. The van der Waals surface area contributed by atoms with E-state index in [0.717, 1.165) is 5.56 Å². The molecule has 1 aliphatic heterocycles. The zero-order valence-electron chi connectivity index (χ0n) is 9.38. The van der Waals surface area contributed by atoms with E-state index in [0.29, 0.717) is 11.3 Å². The van der Waals surface area contributed by atoms with E-state index in [2.05, 4.69) is 0 Å². The number of aliphatic hydroxyl groups excluding tert-OH is 2. The Kier molecular flexibility index (Phi) is 2.95. The number of carbonyl (C=O) groups is 2. The van der Waals surface area contributed by atoms with Crippen molar-refractivity contribution in [1.82, 2.24) is 0 Å². The monoisotopic (exact) mass is 235 g/mol. The smallest absolute Gasteiger partial charge is 0.299 e. The van der Waals surface area contributed by atoms with Gasteiger partial charge < -0.3 is 15.1 Å². The first-order valence-corrected chi connectivity index (χ1v) is 5.31. The van der Waals surface area contributed by atoms with Gasteiger partial charge in [0.15, 0.2) is 0 Å². The van der Waals surface area contributed by atoms with Crippen LogP contribution >= 0.6 is 0 Å². The van der Waals surface area contributed by atoms with Gasteiger partial charge in [0.05, 0.1) is 30.5 Å². The van der Waals surface area contributed by atoms with Crippen molar-refractivity contribution in [2.45, 2.75) is 13.0 Å². The first kappa shape index (κ1) is 11.8. The van der Waals surface area contributed by atoms with Gasteiger partial charge in [0, 0.05) is 0 Å². The minimum absolute atomic E-state index is 0.0705.